The van der Waals surface area contributed by atoms with E-state index >= 15 is 0 Å². The van der Waals surface area contributed by atoms with Gasteiger partial charge in [-0.3, -0.25) is 14.6 Å². The van der Waals surface area contributed by atoms with E-state index in [4.69, 9.17) is 4.74 Å². The smallest absolute Gasteiger partial charge is 0.267 e. The number of hydrazone groups is 1. The van der Waals surface area contributed by atoms with E-state index in [0.717, 1.165) is 26.3 Å². The van der Waals surface area contributed by atoms with Gasteiger partial charge < -0.3 is 10.1 Å². The number of hydrogen-bond donors (Lipinski definition) is 2. The van der Waals surface area contributed by atoms with Crippen molar-refractivity contribution in [1.82, 2.24) is 5.43 Å². The number of fused-ring (bicyclic) bond motifs is 2. The second-order valence-corrected chi connectivity index (χ2v) is 7.30. The number of hydrogen-bond acceptors (Lipinski definition) is 5. The standard InChI is InChI=1S/C16H12BrN3O2S.CH3F/c1-22-11-6-7-13-12(8-11)16(15(21)18-13)20-19-14(23-16)9-2-4-10(17)5-3-9;1-2/h2-8,20H,1H3,(H,18,21);1H3. The Kier molecular flexibility index (Phi) is 5.01. The van der Waals surface area contributed by atoms with E-state index in [9.17, 15) is 9.18 Å². The van der Waals surface area contributed by atoms with Crippen molar-refractivity contribution in [3.63, 3.8) is 0 Å². The minimum atomic E-state index is -0.938. The monoisotopic (exact) mass is 423 g/mol. The Morgan fingerprint density at radius 1 is 1.20 bits per heavy atom. The van der Waals surface area contributed by atoms with Crippen LogP contribution in [0.5, 0.6) is 5.75 Å². The Morgan fingerprint density at radius 3 is 2.60 bits per heavy atom. The van der Waals surface area contributed by atoms with E-state index in [0.29, 0.717) is 12.9 Å². The number of thioether (sulfide) groups is 1. The molecule has 4 rings (SSSR count). The molecule has 0 fully saturated rings. The molecule has 2 aliphatic heterocycles. The van der Waals surface area contributed by atoms with Crippen LogP contribution in [0.2, 0.25) is 0 Å². The van der Waals surface area contributed by atoms with E-state index in [-0.39, 0.29) is 5.91 Å². The lowest BCUT2D eigenvalue weighted by Gasteiger charge is -2.20. The molecule has 25 heavy (non-hydrogen) atoms. The summed E-state index contributed by atoms with van der Waals surface area (Å²) in [5.41, 5.74) is 5.61. The lowest BCUT2D eigenvalue weighted by Crippen LogP contribution is -2.39. The molecule has 0 aliphatic carbocycles. The zero-order valence-corrected chi connectivity index (χ0v) is 15.9. The molecule has 2 aromatic rings. The van der Waals surface area contributed by atoms with Gasteiger partial charge in [0.15, 0.2) is 0 Å². The lowest BCUT2D eigenvalue weighted by molar-refractivity contribution is -0.118. The number of carbonyl (C=O) groups excluding carboxylic acids is 1. The summed E-state index contributed by atoms with van der Waals surface area (Å²) in [6.07, 6.45) is 0. The number of nitrogens with one attached hydrogen (secondary N) is 2. The first-order valence-electron chi connectivity index (χ1n) is 7.30. The number of anilines is 1. The van der Waals surface area contributed by atoms with Crippen LogP contribution in [0.3, 0.4) is 0 Å². The van der Waals surface area contributed by atoms with Gasteiger partial charge in [-0.1, -0.05) is 39.8 Å². The molecule has 1 spiro atoms. The Labute approximate surface area is 157 Å². The molecule has 1 atom stereocenters. The molecule has 1 unspecified atom stereocenters. The summed E-state index contributed by atoms with van der Waals surface area (Å²) in [5, 5.41) is 8.07. The maximum Gasteiger partial charge on any atom is 0.267 e. The van der Waals surface area contributed by atoms with Gasteiger partial charge in [-0.15, -0.1) is 0 Å². The quantitative estimate of drug-likeness (QED) is 0.769. The van der Waals surface area contributed by atoms with Gasteiger partial charge in [-0.05, 0) is 30.3 Å². The van der Waals surface area contributed by atoms with E-state index in [2.05, 4.69) is 31.8 Å². The number of ether oxygens (including phenoxy) is 1. The molecule has 2 heterocycles. The summed E-state index contributed by atoms with van der Waals surface area (Å²) in [7, 11) is 2.11. The zero-order valence-electron chi connectivity index (χ0n) is 13.5. The molecule has 2 aromatic carbocycles. The Balaban J connectivity index is 0.000000880. The van der Waals surface area contributed by atoms with Crippen LogP contribution in [-0.2, 0) is 9.67 Å². The number of alkyl halides is 1. The number of amides is 1. The number of halogens is 2. The molecule has 0 aromatic heterocycles. The normalized spacial score (nSPS) is 20.2. The van der Waals surface area contributed by atoms with E-state index in [1.165, 1.54) is 11.8 Å². The number of carbonyl (C=O) groups is 1. The van der Waals surface area contributed by atoms with Crippen molar-refractivity contribution in [2.75, 3.05) is 19.6 Å². The van der Waals surface area contributed by atoms with Gasteiger partial charge in [-0.2, -0.15) is 5.10 Å². The summed E-state index contributed by atoms with van der Waals surface area (Å²) in [5.74, 6) is 0.584. The van der Waals surface area contributed by atoms with Gasteiger partial charge in [0, 0.05) is 21.3 Å². The van der Waals surface area contributed by atoms with Crippen LogP contribution >= 0.6 is 27.7 Å². The van der Waals surface area contributed by atoms with Crippen LogP contribution in [0.25, 0.3) is 0 Å². The molecule has 2 aliphatic rings. The number of methoxy groups -OCH3 is 1. The highest BCUT2D eigenvalue weighted by Crippen LogP contribution is 2.49. The van der Waals surface area contributed by atoms with Crippen molar-refractivity contribution in [2.24, 2.45) is 5.10 Å². The van der Waals surface area contributed by atoms with Gasteiger partial charge in [-0.25, -0.2) is 0 Å². The van der Waals surface area contributed by atoms with Crippen LogP contribution in [0.1, 0.15) is 11.1 Å². The summed E-state index contributed by atoms with van der Waals surface area (Å²) in [6.45, 7) is 0. The van der Waals surface area contributed by atoms with Gasteiger partial charge >= 0.3 is 0 Å². The van der Waals surface area contributed by atoms with Crippen molar-refractivity contribution >= 4 is 44.3 Å². The maximum absolute atomic E-state index is 12.6. The van der Waals surface area contributed by atoms with Crippen LogP contribution in [0.4, 0.5) is 10.1 Å². The Morgan fingerprint density at radius 2 is 1.92 bits per heavy atom. The van der Waals surface area contributed by atoms with Gasteiger partial charge in [0.1, 0.15) is 10.8 Å². The van der Waals surface area contributed by atoms with E-state index in [1.807, 2.05) is 42.5 Å². The largest absolute Gasteiger partial charge is 0.497 e. The van der Waals surface area contributed by atoms with Gasteiger partial charge in [0.2, 0.25) is 4.87 Å². The Bertz CT molecular complexity index is 844. The highest BCUT2D eigenvalue weighted by molar-refractivity contribution is 9.10. The maximum atomic E-state index is 12.6. The molecule has 8 heteroatoms. The fourth-order valence-corrected chi connectivity index (χ4v) is 4.05. The first kappa shape index (κ1) is 17.8. The first-order valence-corrected chi connectivity index (χ1v) is 8.91. The van der Waals surface area contributed by atoms with Crippen molar-refractivity contribution in [1.29, 1.82) is 0 Å². The second kappa shape index (κ2) is 7.05. The predicted molar refractivity (Wildman–Crippen MR) is 102 cm³/mol. The average Bonchev–Trinajstić information content (AvgIpc) is 3.21. The number of nitrogens with zero attached hydrogens (tertiary/aromatic N) is 1. The van der Waals surface area contributed by atoms with Crippen molar-refractivity contribution in [3.8, 4) is 5.75 Å². The number of rotatable bonds is 2. The third kappa shape index (κ3) is 3.00. The summed E-state index contributed by atoms with van der Waals surface area (Å²) in [4.78, 5) is 11.6. The van der Waals surface area contributed by atoms with Crippen molar-refractivity contribution in [2.45, 2.75) is 4.87 Å². The van der Waals surface area contributed by atoms with Crippen molar-refractivity contribution < 1.29 is 13.9 Å². The minimum absolute atomic E-state index is 0.124. The molecule has 130 valence electrons. The van der Waals surface area contributed by atoms with Crippen molar-refractivity contribution in [3.05, 3.63) is 58.1 Å². The highest BCUT2D eigenvalue weighted by atomic mass is 79.9. The predicted octanol–water partition coefficient (Wildman–Crippen LogP) is 3.85. The molecule has 5 nitrogen and oxygen atoms in total. The zero-order chi connectivity index (χ0) is 18.0. The molecule has 0 radical (unpaired) electrons. The Hall–Kier alpha value is -2.06. The lowest BCUT2D eigenvalue weighted by atomic mass is 10.1. The van der Waals surface area contributed by atoms with E-state index in [1.54, 1.807) is 7.11 Å². The first-order chi connectivity index (χ1) is 12.1. The van der Waals surface area contributed by atoms with E-state index < -0.39 is 4.87 Å². The molecule has 0 saturated heterocycles. The molecular formula is C17H15BrFN3O2S. The van der Waals surface area contributed by atoms with Crippen LogP contribution in [0, 0.1) is 0 Å². The third-order valence-electron chi connectivity index (χ3n) is 3.83. The van der Waals surface area contributed by atoms with Gasteiger partial charge in [0.25, 0.3) is 5.91 Å². The van der Waals surface area contributed by atoms with Crippen LogP contribution in [0.15, 0.2) is 52.0 Å². The van der Waals surface area contributed by atoms with Crippen LogP contribution < -0.4 is 15.5 Å². The molecule has 1 amide bonds. The fraction of sp³-hybridized carbons (Fsp3) is 0.176. The fourth-order valence-electron chi connectivity index (χ4n) is 2.63. The number of benzene rings is 2. The summed E-state index contributed by atoms with van der Waals surface area (Å²) >= 11 is 4.83. The highest BCUT2D eigenvalue weighted by Gasteiger charge is 2.52. The molecule has 0 saturated carbocycles. The molecule has 2 N–H and O–H groups in total. The average molecular weight is 424 g/mol. The van der Waals surface area contributed by atoms with Gasteiger partial charge in [0.05, 0.1) is 14.3 Å². The molecule has 0 bridgehead atoms. The summed E-state index contributed by atoms with van der Waals surface area (Å²) in [6, 6.07) is 13.4. The SMILES string of the molecule is CF.COc1ccc2c(c1)C1(NN=C(c3ccc(Br)cc3)S1)C(=O)N2. The third-order valence-corrected chi connectivity index (χ3v) is 5.68. The van der Waals surface area contributed by atoms with Crippen LogP contribution in [-0.4, -0.2) is 25.2 Å². The molecular weight excluding hydrogens is 409 g/mol. The second-order valence-electron chi connectivity index (χ2n) is 5.18. The minimum Gasteiger partial charge on any atom is -0.497 e. The topological polar surface area (TPSA) is 62.7 Å². The summed E-state index contributed by atoms with van der Waals surface area (Å²) < 4.78 is 15.8.